The van der Waals surface area contributed by atoms with Crippen LogP contribution in [0.1, 0.15) is 37.0 Å². The molecule has 0 saturated carbocycles. The second-order valence-electron chi connectivity index (χ2n) is 5.32. The Morgan fingerprint density at radius 1 is 1.30 bits per heavy atom. The quantitative estimate of drug-likeness (QED) is 0.877. The van der Waals surface area contributed by atoms with E-state index in [1.807, 2.05) is 20.8 Å². The maximum atomic E-state index is 13.9. The number of phenols is 1. The van der Waals surface area contributed by atoms with Gasteiger partial charge in [0, 0.05) is 5.41 Å². The van der Waals surface area contributed by atoms with Crippen molar-refractivity contribution in [3.63, 3.8) is 0 Å². The van der Waals surface area contributed by atoms with Gasteiger partial charge in [-0.1, -0.05) is 20.8 Å². The predicted octanol–water partition coefficient (Wildman–Crippen LogP) is 2.58. The molecule has 1 aromatic carbocycles. The number of benzene rings is 1. The third-order valence-corrected chi connectivity index (χ3v) is 2.60. The Morgan fingerprint density at radius 3 is 2.40 bits per heavy atom. The van der Waals surface area contributed by atoms with Gasteiger partial charge in [-0.05, 0) is 12.1 Å². The fourth-order valence-electron chi connectivity index (χ4n) is 1.55. The van der Waals surface area contributed by atoms with Gasteiger partial charge in [-0.2, -0.15) is 0 Å². The molecule has 0 atom stereocenters. The average Bonchev–Trinajstić information content (AvgIpc) is 2.76. The van der Waals surface area contributed by atoms with Gasteiger partial charge in [0.25, 0.3) is 5.89 Å². The van der Waals surface area contributed by atoms with E-state index in [9.17, 15) is 14.3 Å². The summed E-state index contributed by atoms with van der Waals surface area (Å²) in [6.45, 7) is 5.52. The lowest BCUT2D eigenvalue weighted by Crippen LogP contribution is -2.11. The molecule has 0 amide bonds. The lowest BCUT2D eigenvalue weighted by Gasteiger charge is -2.11. The van der Waals surface area contributed by atoms with Crippen LogP contribution < -0.4 is 0 Å². The minimum Gasteiger partial charge on any atom is -0.507 e. The number of rotatable bonds is 2. The number of phenolic OH excluding ortho intramolecular Hbond substituents is 1. The lowest BCUT2D eigenvalue weighted by molar-refractivity contribution is 0.0696. The van der Waals surface area contributed by atoms with Crippen molar-refractivity contribution in [2.75, 3.05) is 0 Å². The Labute approximate surface area is 113 Å². The number of aromatic nitrogens is 2. The highest BCUT2D eigenvalue weighted by molar-refractivity contribution is 5.89. The molecule has 0 saturated heterocycles. The molecule has 6 nitrogen and oxygen atoms in total. The van der Waals surface area contributed by atoms with Crippen LogP contribution in [-0.4, -0.2) is 26.4 Å². The first kappa shape index (κ1) is 14.0. The summed E-state index contributed by atoms with van der Waals surface area (Å²) in [6, 6.07) is 1.72. The van der Waals surface area contributed by atoms with Gasteiger partial charge in [0.05, 0.1) is 5.56 Å². The Kier molecular flexibility index (Phi) is 3.21. The molecule has 1 heterocycles. The van der Waals surface area contributed by atoms with E-state index in [1.54, 1.807) is 0 Å². The van der Waals surface area contributed by atoms with Crippen LogP contribution >= 0.6 is 0 Å². The van der Waals surface area contributed by atoms with E-state index in [4.69, 9.17) is 9.52 Å². The number of hydrogen-bond acceptors (Lipinski definition) is 5. The summed E-state index contributed by atoms with van der Waals surface area (Å²) in [7, 11) is 0. The van der Waals surface area contributed by atoms with E-state index in [0.717, 1.165) is 12.1 Å². The molecule has 1 aromatic heterocycles. The van der Waals surface area contributed by atoms with Gasteiger partial charge in [-0.25, -0.2) is 9.18 Å². The fraction of sp³-hybridized carbons (Fsp3) is 0.308. The van der Waals surface area contributed by atoms with Crippen LogP contribution in [0.2, 0.25) is 0 Å². The van der Waals surface area contributed by atoms with Gasteiger partial charge in [0.1, 0.15) is 17.1 Å². The molecule has 0 bridgehead atoms. The third-order valence-electron chi connectivity index (χ3n) is 2.60. The minimum absolute atomic E-state index is 0.193. The predicted molar refractivity (Wildman–Crippen MR) is 67.0 cm³/mol. The maximum absolute atomic E-state index is 13.9. The summed E-state index contributed by atoms with van der Waals surface area (Å²) in [5, 5.41) is 26.0. The summed E-state index contributed by atoms with van der Waals surface area (Å²) < 4.78 is 19.2. The number of hydrogen-bond donors (Lipinski definition) is 2. The zero-order chi connectivity index (χ0) is 15.1. The Hall–Kier alpha value is -2.44. The first-order valence-electron chi connectivity index (χ1n) is 5.80. The van der Waals surface area contributed by atoms with Gasteiger partial charge in [-0.15, -0.1) is 10.2 Å². The van der Waals surface area contributed by atoms with Gasteiger partial charge >= 0.3 is 5.97 Å². The normalized spacial score (nSPS) is 11.6. The first-order chi connectivity index (χ1) is 9.20. The molecule has 2 rings (SSSR count). The summed E-state index contributed by atoms with van der Waals surface area (Å²) >= 11 is 0. The molecule has 0 aliphatic heterocycles. The molecule has 0 radical (unpaired) electrons. The number of carboxylic acid groups (broad SMARTS) is 1. The number of halogens is 1. The van der Waals surface area contributed by atoms with Crippen molar-refractivity contribution in [1.29, 1.82) is 0 Å². The van der Waals surface area contributed by atoms with Crippen molar-refractivity contribution in [1.82, 2.24) is 10.2 Å². The summed E-state index contributed by atoms with van der Waals surface area (Å²) in [4.78, 5) is 10.8. The number of nitrogens with zero attached hydrogens (tertiary/aromatic N) is 2. The van der Waals surface area contributed by atoms with Crippen molar-refractivity contribution < 1.29 is 23.8 Å². The summed E-state index contributed by atoms with van der Waals surface area (Å²) in [5.74, 6) is -2.75. The fourth-order valence-corrected chi connectivity index (χ4v) is 1.55. The van der Waals surface area contributed by atoms with Crippen LogP contribution in [0.5, 0.6) is 5.75 Å². The SMILES string of the molecule is CC(C)(C)c1nnc(-c2c(O)cc(C(=O)O)cc2F)o1. The Bertz CT molecular complexity index is 650. The molecule has 20 heavy (non-hydrogen) atoms. The zero-order valence-electron chi connectivity index (χ0n) is 11.1. The van der Waals surface area contributed by atoms with E-state index in [1.165, 1.54) is 0 Å². The van der Waals surface area contributed by atoms with Crippen molar-refractivity contribution in [3.8, 4) is 17.2 Å². The smallest absolute Gasteiger partial charge is 0.335 e. The lowest BCUT2D eigenvalue weighted by atomic mass is 9.97. The maximum Gasteiger partial charge on any atom is 0.335 e. The van der Waals surface area contributed by atoms with Crippen LogP contribution in [0.4, 0.5) is 4.39 Å². The summed E-state index contributed by atoms with van der Waals surface area (Å²) in [6.07, 6.45) is 0. The molecular weight excluding hydrogens is 267 g/mol. The van der Waals surface area contributed by atoms with Crippen molar-refractivity contribution in [2.45, 2.75) is 26.2 Å². The molecular formula is C13H13FN2O4. The molecule has 0 fully saturated rings. The van der Waals surface area contributed by atoms with E-state index in [2.05, 4.69) is 10.2 Å². The molecule has 7 heteroatoms. The third kappa shape index (κ3) is 2.47. The molecule has 0 spiro atoms. The number of carbonyl (C=O) groups is 1. The summed E-state index contributed by atoms with van der Waals surface area (Å²) in [5.41, 5.74) is -1.09. The standard InChI is InChI=1S/C13H13FN2O4/c1-13(2,3)12-16-15-10(20-12)9-7(14)4-6(11(18)19)5-8(9)17/h4-5,17H,1-3H3,(H,18,19). The van der Waals surface area contributed by atoms with E-state index >= 15 is 0 Å². The largest absolute Gasteiger partial charge is 0.507 e. The molecule has 2 aromatic rings. The molecule has 2 N–H and O–H groups in total. The van der Waals surface area contributed by atoms with Gasteiger partial charge in [0.2, 0.25) is 5.89 Å². The van der Waals surface area contributed by atoms with Crippen LogP contribution in [-0.2, 0) is 5.41 Å². The van der Waals surface area contributed by atoms with Crippen LogP contribution in [0.3, 0.4) is 0 Å². The zero-order valence-corrected chi connectivity index (χ0v) is 11.1. The van der Waals surface area contributed by atoms with Gasteiger partial charge < -0.3 is 14.6 Å². The first-order valence-corrected chi connectivity index (χ1v) is 5.80. The highest BCUT2D eigenvalue weighted by atomic mass is 19.1. The average molecular weight is 280 g/mol. The van der Waals surface area contributed by atoms with Crippen molar-refractivity contribution in [2.24, 2.45) is 0 Å². The topological polar surface area (TPSA) is 96.5 Å². The van der Waals surface area contributed by atoms with E-state index in [0.29, 0.717) is 0 Å². The molecule has 0 aliphatic rings. The highest BCUT2D eigenvalue weighted by Crippen LogP contribution is 2.33. The number of carboxylic acids is 1. The second-order valence-corrected chi connectivity index (χ2v) is 5.32. The van der Waals surface area contributed by atoms with Crippen molar-refractivity contribution >= 4 is 5.97 Å². The monoisotopic (exact) mass is 280 g/mol. The Balaban J connectivity index is 2.53. The molecule has 0 unspecified atom stereocenters. The van der Waals surface area contributed by atoms with E-state index < -0.39 is 23.0 Å². The van der Waals surface area contributed by atoms with Gasteiger partial charge in [-0.3, -0.25) is 0 Å². The van der Waals surface area contributed by atoms with Crippen LogP contribution in [0.15, 0.2) is 16.5 Å². The Morgan fingerprint density at radius 2 is 1.95 bits per heavy atom. The minimum atomic E-state index is -1.34. The van der Waals surface area contributed by atoms with Crippen molar-refractivity contribution in [3.05, 3.63) is 29.4 Å². The number of aromatic hydroxyl groups is 1. The molecule has 0 aliphatic carbocycles. The van der Waals surface area contributed by atoms with Crippen LogP contribution in [0.25, 0.3) is 11.5 Å². The van der Waals surface area contributed by atoms with E-state index in [-0.39, 0.29) is 22.9 Å². The number of aromatic carboxylic acids is 1. The second kappa shape index (κ2) is 4.59. The highest BCUT2D eigenvalue weighted by Gasteiger charge is 2.25. The van der Waals surface area contributed by atoms with Gasteiger partial charge in [0.15, 0.2) is 0 Å². The molecule has 106 valence electrons. The van der Waals surface area contributed by atoms with Crippen LogP contribution in [0, 0.1) is 5.82 Å².